The van der Waals surface area contributed by atoms with Crippen molar-refractivity contribution in [1.29, 1.82) is 0 Å². The van der Waals surface area contributed by atoms with E-state index in [1.165, 1.54) is 6.07 Å². The predicted molar refractivity (Wildman–Crippen MR) is 74.0 cm³/mol. The van der Waals surface area contributed by atoms with Gasteiger partial charge < -0.3 is 10.1 Å². The van der Waals surface area contributed by atoms with E-state index < -0.39 is 0 Å². The van der Waals surface area contributed by atoms with E-state index in [1.807, 2.05) is 12.1 Å². The zero-order chi connectivity index (χ0) is 13.1. The summed E-state index contributed by atoms with van der Waals surface area (Å²) in [6, 6.07) is 5.62. The lowest BCUT2D eigenvalue weighted by Gasteiger charge is -2.21. The third kappa shape index (κ3) is 3.31. The van der Waals surface area contributed by atoms with Gasteiger partial charge in [0.25, 0.3) is 0 Å². The van der Waals surface area contributed by atoms with Crippen LogP contribution in [0, 0.1) is 11.7 Å². The van der Waals surface area contributed by atoms with Crippen LogP contribution in [0.2, 0.25) is 0 Å². The zero-order valence-corrected chi connectivity index (χ0v) is 12.3. The van der Waals surface area contributed by atoms with Gasteiger partial charge >= 0.3 is 0 Å². The zero-order valence-electron chi connectivity index (χ0n) is 10.7. The smallest absolute Gasteiger partial charge is 0.137 e. The highest BCUT2D eigenvalue weighted by molar-refractivity contribution is 9.10. The van der Waals surface area contributed by atoms with Gasteiger partial charge in [-0.1, -0.05) is 19.9 Å². The first-order chi connectivity index (χ1) is 8.58. The Balaban J connectivity index is 2.08. The average molecular weight is 316 g/mol. The standard InChI is InChI=1S/C14H19BrFNO/c1-9(2)17-8-11-5-6-18-14(11)10-3-4-13(16)12(15)7-10/h3-4,7,9,11,14,17H,5-6,8H2,1-2H3. The first-order valence-corrected chi connectivity index (χ1v) is 7.17. The van der Waals surface area contributed by atoms with E-state index in [9.17, 15) is 4.39 Å². The summed E-state index contributed by atoms with van der Waals surface area (Å²) >= 11 is 3.23. The Morgan fingerprint density at radius 2 is 2.28 bits per heavy atom. The van der Waals surface area contributed by atoms with Crippen LogP contribution < -0.4 is 5.32 Å². The van der Waals surface area contributed by atoms with Gasteiger partial charge in [-0.15, -0.1) is 0 Å². The van der Waals surface area contributed by atoms with E-state index >= 15 is 0 Å². The predicted octanol–water partition coefficient (Wildman–Crippen LogP) is 3.66. The molecular weight excluding hydrogens is 297 g/mol. The highest BCUT2D eigenvalue weighted by atomic mass is 79.9. The summed E-state index contributed by atoms with van der Waals surface area (Å²) in [5.74, 6) is 0.235. The second kappa shape index (κ2) is 6.13. The maximum atomic E-state index is 13.2. The van der Waals surface area contributed by atoms with Crippen LogP contribution in [-0.2, 0) is 4.74 Å². The first kappa shape index (κ1) is 14.0. The topological polar surface area (TPSA) is 21.3 Å². The molecule has 0 aromatic heterocycles. The van der Waals surface area contributed by atoms with Crippen LogP contribution in [0.1, 0.15) is 31.9 Å². The van der Waals surface area contributed by atoms with Crippen molar-refractivity contribution in [3.05, 3.63) is 34.1 Å². The lowest BCUT2D eigenvalue weighted by molar-refractivity contribution is 0.0900. The minimum atomic E-state index is -0.228. The molecule has 1 aliphatic heterocycles. The van der Waals surface area contributed by atoms with Gasteiger partial charge in [0.1, 0.15) is 5.82 Å². The fraction of sp³-hybridized carbons (Fsp3) is 0.571. The molecule has 1 fully saturated rings. The molecule has 2 nitrogen and oxygen atoms in total. The van der Waals surface area contributed by atoms with Gasteiger partial charge in [0.2, 0.25) is 0 Å². The second-order valence-electron chi connectivity index (χ2n) is 5.08. The fourth-order valence-corrected chi connectivity index (χ4v) is 2.68. The third-order valence-electron chi connectivity index (χ3n) is 3.27. The van der Waals surface area contributed by atoms with E-state index in [-0.39, 0.29) is 11.9 Å². The van der Waals surface area contributed by atoms with Crippen LogP contribution in [0.15, 0.2) is 22.7 Å². The van der Waals surface area contributed by atoms with E-state index in [0.29, 0.717) is 16.4 Å². The van der Waals surface area contributed by atoms with Crippen molar-refractivity contribution in [3.63, 3.8) is 0 Å². The minimum Gasteiger partial charge on any atom is -0.373 e. The normalized spacial score (nSPS) is 23.8. The molecule has 0 spiro atoms. The van der Waals surface area contributed by atoms with E-state index in [2.05, 4.69) is 35.1 Å². The van der Waals surface area contributed by atoms with Crippen molar-refractivity contribution >= 4 is 15.9 Å². The van der Waals surface area contributed by atoms with Gasteiger partial charge in [-0.05, 0) is 40.0 Å². The Labute approximate surface area is 116 Å². The summed E-state index contributed by atoms with van der Waals surface area (Å²) in [5, 5.41) is 3.45. The summed E-state index contributed by atoms with van der Waals surface area (Å²) in [6.45, 7) is 6.00. The van der Waals surface area contributed by atoms with Crippen LogP contribution in [0.3, 0.4) is 0 Å². The van der Waals surface area contributed by atoms with Crippen molar-refractivity contribution in [3.8, 4) is 0 Å². The molecule has 0 saturated carbocycles. The van der Waals surface area contributed by atoms with E-state index in [1.54, 1.807) is 0 Å². The van der Waals surface area contributed by atoms with Gasteiger partial charge in [0.15, 0.2) is 0 Å². The van der Waals surface area contributed by atoms with Crippen LogP contribution >= 0.6 is 15.9 Å². The molecule has 0 aliphatic carbocycles. The molecule has 100 valence electrons. The SMILES string of the molecule is CC(C)NCC1CCOC1c1ccc(F)c(Br)c1. The lowest BCUT2D eigenvalue weighted by atomic mass is 9.95. The number of ether oxygens (including phenoxy) is 1. The van der Waals surface area contributed by atoms with Crippen molar-refractivity contribution in [2.24, 2.45) is 5.92 Å². The van der Waals surface area contributed by atoms with E-state index in [4.69, 9.17) is 4.74 Å². The molecule has 4 heteroatoms. The van der Waals surface area contributed by atoms with Crippen molar-refractivity contribution in [1.82, 2.24) is 5.32 Å². The summed E-state index contributed by atoms with van der Waals surface area (Å²) in [4.78, 5) is 0. The van der Waals surface area contributed by atoms with Crippen molar-refractivity contribution in [2.75, 3.05) is 13.2 Å². The summed E-state index contributed by atoms with van der Waals surface area (Å²) in [5.41, 5.74) is 1.05. The molecule has 0 bridgehead atoms. The molecule has 1 saturated heterocycles. The molecule has 1 aromatic rings. The van der Waals surface area contributed by atoms with Gasteiger partial charge in [-0.3, -0.25) is 0 Å². The highest BCUT2D eigenvalue weighted by Gasteiger charge is 2.29. The lowest BCUT2D eigenvalue weighted by Crippen LogP contribution is -2.30. The Morgan fingerprint density at radius 1 is 1.50 bits per heavy atom. The molecule has 1 heterocycles. The summed E-state index contributed by atoms with van der Waals surface area (Å²) in [7, 11) is 0. The monoisotopic (exact) mass is 315 g/mol. The quantitative estimate of drug-likeness (QED) is 0.915. The second-order valence-corrected chi connectivity index (χ2v) is 5.93. The minimum absolute atomic E-state index is 0.0770. The summed E-state index contributed by atoms with van der Waals surface area (Å²) < 4.78 is 19.5. The Hall–Kier alpha value is -0.450. The maximum Gasteiger partial charge on any atom is 0.137 e. The molecule has 0 amide bonds. The number of halogens is 2. The van der Waals surface area contributed by atoms with Gasteiger partial charge in [0.05, 0.1) is 10.6 Å². The van der Waals surface area contributed by atoms with Crippen LogP contribution in [0.25, 0.3) is 0 Å². The molecule has 2 unspecified atom stereocenters. The third-order valence-corrected chi connectivity index (χ3v) is 3.88. The van der Waals surface area contributed by atoms with Crippen LogP contribution in [0.4, 0.5) is 4.39 Å². The number of hydrogen-bond donors (Lipinski definition) is 1. The largest absolute Gasteiger partial charge is 0.373 e. The van der Waals surface area contributed by atoms with Gasteiger partial charge in [-0.2, -0.15) is 0 Å². The Bertz CT molecular complexity index is 411. The Morgan fingerprint density at radius 3 is 2.94 bits per heavy atom. The molecule has 1 N–H and O–H groups in total. The van der Waals surface area contributed by atoms with Gasteiger partial charge in [-0.25, -0.2) is 4.39 Å². The van der Waals surface area contributed by atoms with Crippen molar-refractivity contribution < 1.29 is 9.13 Å². The summed E-state index contributed by atoms with van der Waals surface area (Å²) in [6.07, 6.45) is 1.13. The fourth-order valence-electron chi connectivity index (χ4n) is 2.29. The molecule has 1 aliphatic rings. The number of hydrogen-bond acceptors (Lipinski definition) is 2. The molecule has 2 rings (SSSR count). The Kier molecular flexibility index (Phi) is 4.76. The molecule has 0 radical (unpaired) electrons. The molecule has 2 atom stereocenters. The average Bonchev–Trinajstić information content (AvgIpc) is 2.78. The van der Waals surface area contributed by atoms with Crippen molar-refractivity contribution in [2.45, 2.75) is 32.4 Å². The first-order valence-electron chi connectivity index (χ1n) is 6.38. The molecule has 1 aromatic carbocycles. The highest BCUT2D eigenvalue weighted by Crippen LogP contribution is 2.35. The molecule has 18 heavy (non-hydrogen) atoms. The van der Waals surface area contributed by atoms with E-state index in [0.717, 1.165) is 25.1 Å². The number of benzene rings is 1. The number of nitrogens with one attached hydrogen (secondary N) is 1. The molecular formula is C14H19BrFNO. The van der Waals surface area contributed by atoms with Gasteiger partial charge in [0, 0.05) is 25.1 Å². The number of rotatable bonds is 4. The van der Waals surface area contributed by atoms with Crippen LogP contribution in [-0.4, -0.2) is 19.2 Å². The maximum absolute atomic E-state index is 13.2. The van der Waals surface area contributed by atoms with Crippen LogP contribution in [0.5, 0.6) is 0 Å².